The second-order valence-corrected chi connectivity index (χ2v) is 5.44. The number of aliphatic hydroxyl groups excluding tert-OH is 1. The van der Waals surface area contributed by atoms with Gasteiger partial charge in [0.1, 0.15) is 19.0 Å². The molecule has 4 nitrogen and oxygen atoms in total. The maximum absolute atomic E-state index is 9.16. The molecule has 118 valence electrons. The second kappa shape index (κ2) is 8.66. The van der Waals surface area contributed by atoms with Gasteiger partial charge in [-0.3, -0.25) is 0 Å². The Balaban J connectivity index is 1.86. The van der Waals surface area contributed by atoms with Crippen molar-refractivity contribution in [3.05, 3.63) is 52.5 Å². The van der Waals surface area contributed by atoms with Gasteiger partial charge in [0, 0.05) is 4.47 Å². The first kappa shape index (κ1) is 16.6. The summed E-state index contributed by atoms with van der Waals surface area (Å²) < 4.78 is 17.8. The number of hydrogen-bond acceptors (Lipinski definition) is 4. The van der Waals surface area contributed by atoms with Gasteiger partial charge in [0.15, 0.2) is 11.5 Å². The average molecular weight is 367 g/mol. The van der Waals surface area contributed by atoms with Gasteiger partial charge in [-0.1, -0.05) is 22.0 Å². The van der Waals surface area contributed by atoms with Crippen molar-refractivity contribution >= 4 is 15.9 Å². The standard InChI is InChI=1S/C17H19BrO4/c1-2-20-17-11-13(12-19)3-8-16(17)22-10-9-21-15-6-4-14(18)5-7-15/h3-8,11,19H,2,9-10,12H2,1H3. The predicted molar refractivity (Wildman–Crippen MR) is 88.7 cm³/mol. The van der Waals surface area contributed by atoms with E-state index in [1.54, 1.807) is 12.1 Å². The third kappa shape index (κ3) is 4.93. The molecule has 22 heavy (non-hydrogen) atoms. The minimum atomic E-state index is -0.0208. The monoisotopic (exact) mass is 366 g/mol. The molecule has 0 aliphatic rings. The molecule has 0 aliphatic heterocycles. The summed E-state index contributed by atoms with van der Waals surface area (Å²) >= 11 is 3.38. The number of hydrogen-bond donors (Lipinski definition) is 1. The van der Waals surface area contributed by atoms with Gasteiger partial charge >= 0.3 is 0 Å². The van der Waals surface area contributed by atoms with E-state index in [0.29, 0.717) is 31.3 Å². The molecule has 0 atom stereocenters. The Morgan fingerprint density at radius 3 is 2.32 bits per heavy atom. The van der Waals surface area contributed by atoms with Gasteiger partial charge in [0.2, 0.25) is 0 Å². The lowest BCUT2D eigenvalue weighted by molar-refractivity contribution is 0.208. The highest BCUT2D eigenvalue weighted by molar-refractivity contribution is 9.10. The van der Waals surface area contributed by atoms with E-state index in [2.05, 4.69) is 15.9 Å². The van der Waals surface area contributed by atoms with Crippen LogP contribution in [-0.2, 0) is 6.61 Å². The van der Waals surface area contributed by atoms with Crippen LogP contribution < -0.4 is 14.2 Å². The normalized spacial score (nSPS) is 10.3. The van der Waals surface area contributed by atoms with Crippen molar-refractivity contribution in [2.24, 2.45) is 0 Å². The number of aliphatic hydroxyl groups is 1. The fraction of sp³-hybridized carbons (Fsp3) is 0.294. The van der Waals surface area contributed by atoms with E-state index >= 15 is 0 Å². The molecule has 1 N–H and O–H groups in total. The minimum Gasteiger partial charge on any atom is -0.490 e. The van der Waals surface area contributed by atoms with E-state index in [1.165, 1.54) is 0 Å². The molecule has 0 bridgehead atoms. The second-order valence-electron chi connectivity index (χ2n) is 4.52. The maximum Gasteiger partial charge on any atom is 0.161 e. The first-order valence-corrected chi connectivity index (χ1v) is 7.90. The molecule has 0 amide bonds. The van der Waals surface area contributed by atoms with Gasteiger partial charge in [-0.25, -0.2) is 0 Å². The zero-order chi connectivity index (χ0) is 15.8. The molecule has 0 saturated heterocycles. The molecule has 0 radical (unpaired) electrons. The Labute approximate surface area is 138 Å². The van der Waals surface area contributed by atoms with Crippen LogP contribution in [0, 0.1) is 0 Å². The van der Waals surface area contributed by atoms with Crippen LogP contribution in [0.5, 0.6) is 17.2 Å². The van der Waals surface area contributed by atoms with Crippen LogP contribution in [0.25, 0.3) is 0 Å². The number of ether oxygens (including phenoxy) is 3. The van der Waals surface area contributed by atoms with Gasteiger partial charge in [0.25, 0.3) is 0 Å². The van der Waals surface area contributed by atoms with Gasteiger partial charge in [-0.15, -0.1) is 0 Å². The molecular formula is C17H19BrO4. The molecule has 0 heterocycles. The largest absolute Gasteiger partial charge is 0.490 e. The van der Waals surface area contributed by atoms with Gasteiger partial charge in [0.05, 0.1) is 13.2 Å². The van der Waals surface area contributed by atoms with Crippen molar-refractivity contribution in [2.45, 2.75) is 13.5 Å². The Morgan fingerprint density at radius 2 is 1.64 bits per heavy atom. The highest BCUT2D eigenvalue weighted by atomic mass is 79.9. The van der Waals surface area contributed by atoms with Crippen LogP contribution in [0.3, 0.4) is 0 Å². The molecule has 0 saturated carbocycles. The molecule has 5 heteroatoms. The van der Waals surface area contributed by atoms with Crippen LogP contribution in [0.15, 0.2) is 46.9 Å². The predicted octanol–water partition coefficient (Wildman–Crippen LogP) is 3.80. The van der Waals surface area contributed by atoms with E-state index in [0.717, 1.165) is 15.8 Å². The first-order valence-electron chi connectivity index (χ1n) is 7.10. The summed E-state index contributed by atoms with van der Waals surface area (Å²) in [5, 5.41) is 9.16. The fourth-order valence-corrected chi connectivity index (χ4v) is 2.14. The quantitative estimate of drug-likeness (QED) is 0.721. The zero-order valence-corrected chi connectivity index (χ0v) is 14.0. The van der Waals surface area contributed by atoms with E-state index < -0.39 is 0 Å². The van der Waals surface area contributed by atoms with Crippen molar-refractivity contribution in [1.29, 1.82) is 0 Å². The van der Waals surface area contributed by atoms with Crippen LogP contribution in [0.1, 0.15) is 12.5 Å². The number of benzene rings is 2. The molecule has 0 aliphatic carbocycles. The van der Waals surface area contributed by atoms with Crippen LogP contribution >= 0.6 is 15.9 Å². The topological polar surface area (TPSA) is 47.9 Å². The van der Waals surface area contributed by atoms with Crippen LogP contribution in [-0.4, -0.2) is 24.9 Å². The van der Waals surface area contributed by atoms with Crippen molar-refractivity contribution in [2.75, 3.05) is 19.8 Å². The zero-order valence-electron chi connectivity index (χ0n) is 12.4. The van der Waals surface area contributed by atoms with Crippen molar-refractivity contribution in [1.82, 2.24) is 0 Å². The molecule has 0 fully saturated rings. The summed E-state index contributed by atoms with van der Waals surface area (Å²) in [6, 6.07) is 13.0. The van der Waals surface area contributed by atoms with E-state index in [9.17, 15) is 0 Å². The third-order valence-corrected chi connectivity index (χ3v) is 3.44. The summed E-state index contributed by atoms with van der Waals surface area (Å²) in [6.45, 7) is 3.28. The third-order valence-electron chi connectivity index (χ3n) is 2.91. The summed E-state index contributed by atoms with van der Waals surface area (Å²) in [5.41, 5.74) is 0.793. The number of halogens is 1. The first-order chi connectivity index (χ1) is 10.7. The van der Waals surface area contributed by atoms with Crippen LogP contribution in [0.4, 0.5) is 0 Å². The number of rotatable bonds is 8. The Kier molecular flexibility index (Phi) is 6.55. The minimum absolute atomic E-state index is 0.0208. The summed E-state index contributed by atoms with van der Waals surface area (Å²) in [4.78, 5) is 0. The molecule has 2 aromatic rings. The van der Waals surface area contributed by atoms with E-state index in [4.69, 9.17) is 19.3 Å². The van der Waals surface area contributed by atoms with Crippen LogP contribution in [0.2, 0.25) is 0 Å². The Morgan fingerprint density at radius 1 is 0.909 bits per heavy atom. The fourth-order valence-electron chi connectivity index (χ4n) is 1.88. The smallest absolute Gasteiger partial charge is 0.161 e. The SMILES string of the molecule is CCOc1cc(CO)ccc1OCCOc1ccc(Br)cc1. The van der Waals surface area contributed by atoms with Crippen molar-refractivity contribution < 1.29 is 19.3 Å². The molecule has 0 spiro atoms. The van der Waals surface area contributed by atoms with Crippen molar-refractivity contribution in [3.63, 3.8) is 0 Å². The highest BCUT2D eigenvalue weighted by Crippen LogP contribution is 2.28. The molecular weight excluding hydrogens is 348 g/mol. The summed E-state index contributed by atoms with van der Waals surface area (Å²) in [6.07, 6.45) is 0. The average Bonchev–Trinajstić information content (AvgIpc) is 2.54. The molecule has 2 rings (SSSR count). The van der Waals surface area contributed by atoms with Gasteiger partial charge in [-0.2, -0.15) is 0 Å². The van der Waals surface area contributed by atoms with E-state index in [-0.39, 0.29) is 6.61 Å². The summed E-state index contributed by atoms with van der Waals surface area (Å²) in [5.74, 6) is 2.09. The summed E-state index contributed by atoms with van der Waals surface area (Å²) in [7, 11) is 0. The highest BCUT2D eigenvalue weighted by Gasteiger charge is 2.06. The molecule has 0 aromatic heterocycles. The lowest BCUT2D eigenvalue weighted by Crippen LogP contribution is -2.10. The Bertz CT molecular complexity index is 584. The Hall–Kier alpha value is -1.72. The van der Waals surface area contributed by atoms with Gasteiger partial charge in [-0.05, 0) is 48.9 Å². The maximum atomic E-state index is 9.16. The van der Waals surface area contributed by atoms with Crippen molar-refractivity contribution in [3.8, 4) is 17.2 Å². The van der Waals surface area contributed by atoms with E-state index in [1.807, 2.05) is 37.3 Å². The molecule has 0 unspecified atom stereocenters. The van der Waals surface area contributed by atoms with Gasteiger partial charge < -0.3 is 19.3 Å². The lowest BCUT2D eigenvalue weighted by Gasteiger charge is -2.13. The lowest BCUT2D eigenvalue weighted by atomic mass is 10.2. The molecule has 2 aromatic carbocycles.